The molecule has 1 aliphatic heterocycles. The van der Waals surface area contributed by atoms with Gasteiger partial charge in [0.2, 0.25) is 0 Å². The highest BCUT2D eigenvalue weighted by Crippen LogP contribution is 2.26. The Balaban J connectivity index is 2.21. The van der Waals surface area contributed by atoms with Gasteiger partial charge in [0.05, 0.1) is 13.0 Å². The largest absolute Gasteiger partial charge is 0.493 e. The fraction of sp³-hybridized carbons (Fsp3) is 0.400. The summed E-state index contributed by atoms with van der Waals surface area (Å²) in [7, 11) is 0. The standard InChI is InChI=1S/C10H12O4/c11-10(12,13)6-7-1-2-9-8(5-7)3-4-14-9/h1-2,5,11-13H,3-4,6H2. The third-order valence-electron chi connectivity index (χ3n) is 2.20. The van der Waals surface area contributed by atoms with Crippen molar-refractivity contribution in [3.8, 4) is 5.75 Å². The minimum atomic E-state index is -2.63. The number of fused-ring (bicyclic) bond motifs is 1. The lowest BCUT2D eigenvalue weighted by Crippen LogP contribution is -2.29. The predicted molar refractivity (Wildman–Crippen MR) is 48.7 cm³/mol. The average Bonchev–Trinajstić information content (AvgIpc) is 2.47. The molecule has 0 aromatic heterocycles. The zero-order chi connectivity index (χ0) is 10.2. The van der Waals surface area contributed by atoms with Crippen molar-refractivity contribution in [2.75, 3.05) is 6.61 Å². The first-order valence-corrected chi connectivity index (χ1v) is 4.46. The molecule has 2 rings (SSSR count). The van der Waals surface area contributed by atoms with Gasteiger partial charge in [0, 0.05) is 6.42 Å². The molecule has 4 heteroatoms. The molecule has 0 fully saturated rings. The number of rotatable bonds is 2. The molecule has 1 aromatic rings. The molecule has 0 atom stereocenters. The van der Waals surface area contributed by atoms with Crippen LogP contribution in [0.3, 0.4) is 0 Å². The second kappa shape index (κ2) is 3.24. The van der Waals surface area contributed by atoms with Crippen LogP contribution in [0.15, 0.2) is 18.2 Å². The van der Waals surface area contributed by atoms with Crippen molar-refractivity contribution in [2.24, 2.45) is 0 Å². The van der Waals surface area contributed by atoms with Crippen LogP contribution in [0.2, 0.25) is 0 Å². The highest BCUT2D eigenvalue weighted by Gasteiger charge is 2.20. The lowest BCUT2D eigenvalue weighted by Gasteiger charge is -2.14. The fourth-order valence-corrected chi connectivity index (χ4v) is 1.62. The van der Waals surface area contributed by atoms with Crippen LogP contribution in [0.5, 0.6) is 5.75 Å². The molecular formula is C10H12O4. The van der Waals surface area contributed by atoms with Crippen molar-refractivity contribution in [1.29, 1.82) is 0 Å². The highest BCUT2D eigenvalue weighted by atomic mass is 16.7. The molecular weight excluding hydrogens is 184 g/mol. The Morgan fingerprint density at radius 1 is 1.29 bits per heavy atom. The van der Waals surface area contributed by atoms with E-state index in [1.807, 2.05) is 6.07 Å². The van der Waals surface area contributed by atoms with Gasteiger partial charge >= 0.3 is 0 Å². The minimum Gasteiger partial charge on any atom is -0.493 e. The lowest BCUT2D eigenvalue weighted by molar-refractivity contribution is -0.309. The van der Waals surface area contributed by atoms with Crippen molar-refractivity contribution in [3.05, 3.63) is 29.3 Å². The van der Waals surface area contributed by atoms with Crippen molar-refractivity contribution >= 4 is 0 Å². The number of aliphatic hydroxyl groups is 3. The topological polar surface area (TPSA) is 69.9 Å². The van der Waals surface area contributed by atoms with Crippen LogP contribution in [0.1, 0.15) is 11.1 Å². The molecule has 0 bridgehead atoms. The smallest absolute Gasteiger partial charge is 0.279 e. The van der Waals surface area contributed by atoms with Gasteiger partial charge in [-0.2, -0.15) is 0 Å². The summed E-state index contributed by atoms with van der Waals surface area (Å²) in [5, 5.41) is 26.4. The quantitative estimate of drug-likeness (QED) is 0.573. The second-order valence-corrected chi connectivity index (χ2v) is 3.49. The molecule has 0 saturated heterocycles. The normalized spacial score (nSPS) is 15.1. The van der Waals surface area contributed by atoms with E-state index in [9.17, 15) is 0 Å². The van der Waals surface area contributed by atoms with E-state index in [2.05, 4.69) is 0 Å². The summed E-state index contributed by atoms with van der Waals surface area (Å²) in [6.07, 6.45) is 0.638. The Hall–Kier alpha value is -1.10. The van der Waals surface area contributed by atoms with Gasteiger partial charge in [0.25, 0.3) is 5.97 Å². The number of hydrogen-bond acceptors (Lipinski definition) is 4. The van der Waals surface area contributed by atoms with E-state index in [0.717, 1.165) is 17.7 Å². The first-order chi connectivity index (χ1) is 6.54. The Morgan fingerprint density at radius 3 is 2.79 bits per heavy atom. The van der Waals surface area contributed by atoms with E-state index in [4.69, 9.17) is 20.1 Å². The molecule has 76 valence electrons. The van der Waals surface area contributed by atoms with Crippen LogP contribution in [0.25, 0.3) is 0 Å². The molecule has 0 spiro atoms. The van der Waals surface area contributed by atoms with Crippen molar-refractivity contribution in [3.63, 3.8) is 0 Å². The molecule has 0 aliphatic carbocycles. The predicted octanol–water partition coefficient (Wildman–Crippen LogP) is -0.205. The van der Waals surface area contributed by atoms with Gasteiger partial charge in [-0.25, -0.2) is 0 Å². The molecule has 1 aromatic carbocycles. The first-order valence-electron chi connectivity index (χ1n) is 4.46. The first kappa shape index (κ1) is 9.45. The molecule has 0 amide bonds. The van der Waals surface area contributed by atoms with E-state index in [1.54, 1.807) is 12.1 Å². The van der Waals surface area contributed by atoms with Crippen LogP contribution in [-0.4, -0.2) is 27.9 Å². The molecule has 1 heterocycles. The van der Waals surface area contributed by atoms with Crippen molar-refractivity contribution in [2.45, 2.75) is 18.8 Å². The minimum absolute atomic E-state index is 0.194. The van der Waals surface area contributed by atoms with E-state index in [-0.39, 0.29) is 6.42 Å². The zero-order valence-electron chi connectivity index (χ0n) is 7.60. The molecule has 0 radical (unpaired) electrons. The van der Waals surface area contributed by atoms with E-state index >= 15 is 0 Å². The van der Waals surface area contributed by atoms with Crippen LogP contribution < -0.4 is 4.74 Å². The fourth-order valence-electron chi connectivity index (χ4n) is 1.62. The molecule has 0 saturated carbocycles. The second-order valence-electron chi connectivity index (χ2n) is 3.49. The van der Waals surface area contributed by atoms with Gasteiger partial charge in [-0.15, -0.1) is 0 Å². The molecule has 3 N–H and O–H groups in total. The maximum Gasteiger partial charge on any atom is 0.279 e. The molecule has 1 aliphatic rings. The zero-order valence-corrected chi connectivity index (χ0v) is 7.60. The van der Waals surface area contributed by atoms with E-state index in [0.29, 0.717) is 12.2 Å². The van der Waals surface area contributed by atoms with E-state index < -0.39 is 5.97 Å². The maximum atomic E-state index is 8.80. The number of hydrogen-bond donors (Lipinski definition) is 3. The third kappa shape index (κ3) is 2.04. The van der Waals surface area contributed by atoms with Gasteiger partial charge in [-0.3, -0.25) is 0 Å². The van der Waals surface area contributed by atoms with E-state index in [1.165, 1.54) is 0 Å². The number of benzene rings is 1. The van der Waals surface area contributed by atoms with Crippen LogP contribution in [0.4, 0.5) is 0 Å². The Kier molecular flexibility index (Phi) is 2.19. The summed E-state index contributed by atoms with van der Waals surface area (Å²) >= 11 is 0. The Morgan fingerprint density at radius 2 is 2.07 bits per heavy atom. The highest BCUT2D eigenvalue weighted by molar-refractivity contribution is 5.39. The maximum absolute atomic E-state index is 8.80. The van der Waals surface area contributed by atoms with Gasteiger partial charge in [0.15, 0.2) is 0 Å². The summed E-state index contributed by atoms with van der Waals surface area (Å²) < 4.78 is 5.30. The van der Waals surface area contributed by atoms with Gasteiger partial charge < -0.3 is 20.1 Å². The summed E-state index contributed by atoms with van der Waals surface area (Å²) in [4.78, 5) is 0. The lowest BCUT2D eigenvalue weighted by atomic mass is 10.1. The van der Waals surface area contributed by atoms with Crippen molar-refractivity contribution in [1.82, 2.24) is 0 Å². The molecule has 14 heavy (non-hydrogen) atoms. The Bertz CT molecular complexity index is 340. The molecule has 4 nitrogen and oxygen atoms in total. The van der Waals surface area contributed by atoms with Crippen LogP contribution in [-0.2, 0) is 12.8 Å². The van der Waals surface area contributed by atoms with Crippen LogP contribution in [0, 0.1) is 0 Å². The summed E-state index contributed by atoms with van der Waals surface area (Å²) in [6.45, 7) is 0.668. The van der Waals surface area contributed by atoms with Crippen molar-refractivity contribution < 1.29 is 20.1 Å². The number of ether oxygens (including phenoxy) is 1. The summed E-state index contributed by atoms with van der Waals surface area (Å²) in [6, 6.07) is 5.31. The molecule has 0 unspecified atom stereocenters. The SMILES string of the molecule is OC(O)(O)Cc1ccc2c(c1)CCO2. The van der Waals surface area contributed by atoms with Gasteiger partial charge in [0.1, 0.15) is 5.75 Å². The van der Waals surface area contributed by atoms with Crippen LogP contribution >= 0.6 is 0 Å². The van der Waals surface area contributed by atoms with Gasteiger partial charge in [-0.1, -0.05) is 12.1 Å². The summed E-state index contributed by atoms with van der Waals surface area (Å²) in [5.41, 5.74) is 1.73. The average molecular weight is 196 g/mol. The monoisotopic (exact) mass is 196 g/mol. The summed E-state index contributed by atoms with van der Waals surface area (Å²) in [5.74, 6) is -1.79. The van der Waals surface area contributed by atoms with Gasteiger partial charge in [-0.05, 0) is 17.2 Å². The third-order valence-corrected chi connectivity index (χ3v) is 2.20. The Labute approximate surface area is 81.4 Å².